The van der Waals surface area contributed by atoms with E-state index >= 15 is 0 Å². The van der Waals surface area contributed by atoms with Crippen molar-refractivity contribution in [3.63, 3.8) is 0 Å². The van der Waals surface area contributed by atoms with E-state index in [9.17, 15) is 4.79 Å². The number of amides is 1. The van der Waals surface area contributed by atoms with E-state index < -0.39 is 5.41 Å². The van der Waals surface area contributed by atoms with E-state index in [2.05, 4.69) is 26.8 Å². The fraction of sp³-hybridized carbons (Fsp3) is 0.250. The molecule has 3 nitrogen and oxygen atoms in total. The molecule has 1 aliphatic heterocycles. The lowest BCUT2D eigenvalue weighted by atomic mass is 9.89. The summed E-state index contributed by atoms with van der Waals surface area (Å²) in [7, 11) is 0. The van der Waals surface area contributed by atoms with Gasteiger partial charge in [-0.25, -0.2) is 0 Å². The predicted octanol–water partition coefficient (Wildman–Crippen LogP) is 2.45. The van der Waals surface area contributed by atoms with Gasteiger partial charge in [-0.3, -0.25) is 10.2 Å². The molecule has 0 atom stereocenters. The van der Waals surface area contributed by atoms with Gasteiger partial charge in [-0.1, -0.05) is 28.1 Å². The standard InChI is InChI=1S/C12H13BrN2O/c1-12(2)10(14-15-11(12)16)7-8-4-3-5-9(13)6-8/h3-7,14H,1-2H3,(H,15,16)/b10-7-. The predicted molar refractivity (Wildman–Crippen MR) is 67.2 cm³/mol. The van der Waals surface area contributed by atoms with Gasteiger partial charge in [0, 0.05) is 10.2 Å². The van der Waals surface area contributed by atoms with E-state index in [0.717, 1.165) is 15.7 Å². The molecule has 0 radical (unpaired) electrons. The van der Waals surface area contributed by atoms with Gasteiger partial charge in [-0.05, 0) is 37.6 Å². The number of hydrogen-bond acceptors (Lipinski definition) is 2. The van der Waals surface area contributed by atoms with E-state index in [1.54, 1.807) is 0 Å². The van der Waals surface area contributed by atoms with Gasteiger partial charge in [0.25, 0.3) is 0 Å². The summed E-state index contributed by atoms with van der Waals surface area (Å²) in [5.41, 5.74) is 6.98. The molecule has 4 heteroatoms. The molecule has 0 unspecified atom stereocenters. The van der Waals surface area contributed by atoms with Crippen LogP contribution in [0.1, 0.15) is 19.4 Å². The molecular weight excluding hydrogens is 268 g/mol. The zero-order chi connectivity index (χ0) is 11.8. The molecule has 2 rings (SSSR count). The molecular formula is C12H13BrN2O. The Morgan fingerprint density at radius 1 is 1.31 bits per heavy atom. The van der Waals surface area contributed by atoms with Crippen LogP contribution in [0.2, 0.25) is 0 Å². The molecule has 1 heterocycles. The Morgan fingerprint density at radius 3 is 2.62 bits per heavy atom. The molecule has 0 bridgehead atoms. The van der Waals surface area contributed by atoms with E-state index in [4.69, 9.17) is 0 Å². The fourth-order valence-corrected chi connectivity index (χ4v) is 1.96. The van der Waals surface area contributed by atoms with E-state index in [1.807, 2.05) is 44.2 Å². The number of rotatable bonds is 1. The van der Waals surface area contributed by atoms with Crippen molar-refractivity contribution in [3.05, 3.63) is 40.0 Å². The Balaban J connectivity index is 2.35. The highest BCUT2D eigenvalue weighted by Crippen LogP contribution is 2.29. The molecule has 16 heavy (non-hydrogen) atoms. The first-order valence-electron chi connectivity index (χ1n) is 5.04. The SMILES string of the molecule is CC1(C)C(=O)NN/C1=C\c1cccc(Br)c1. The van der Waals surface area contributed by atoms with E-state index in [1.165, 1.54) is 0 Å². The average Bonchev–Trinajstić information content (AvgIpc) is 2.45. The summed E-state index contributed by atoms with van der Waals surface area (Å²) in [6.45, 7) is 3.79. The van der Waals surface area contributed by atoms with Crippen LogP contribution >= 0.6 is 15.9 Å². The summed E-state index contributed by atoms with van der Waals surface area (Å²) in [5, 5.41) is 0. The molecule has 0 aromatic heterocycles. The summed E-state index contributed by atoms with van der Waals surface area (Å²) in [6.07, 6.45) is 1.97. The Morgan fingerprint density at radius 2 is 2.06 bits per heavy atom. The quantitative estimate of drug-likeness (QED) is 0.830. The van der Waals surface area contributed by atoms with Crippen LogP contribution in [0.4, 0.5) is 0 Å². The van der Waals surface area contributed by atoms with Crippen LogP contribution < -0.4 is 10.9 Å². The summed E-state index contributed by atoms with van der Waals surface area (Å²) >= 11 is 3.42. The average molecular weight is 281 g/mol. The maximum atomic E-state index is 11.5. The van der Waals surface area contributed by atoms with Gasteiger partial charge in [0.2, 0.25) is 5.91 Å². The minimum atomic E-state index is -0.498. The molecule has 0 aliphatic carbocycles. The monoisotopic (exact) mass is 280 g/mol. The topological polar surface area (TPSA) is 41.1 Å². The Kier molecular flexibility index (Phi) is 2.76. The summed E-state index contributed by atoms with van der Waals surface area (Å²) < 4.78 is 1.02. The second kappa shape index (κ2) is 3.94. The van der Waals surface area contributed by atoms with Crippen molar-refractivity contribution < 1.29 is 4.79 Å². The van der Waals surface area contributed by atoms with Crippen molar-refractivity contribution in [1.82, 2.24) is 10.9 Å². The lowest BCUT2D eigenvalue weighted by molar-refractivity contribution is -0.125. The second-order valence-electron chi connectivity index (χ2n) is 4.32. The number of hydrogen-bond donors (Lipinski definition) is 2. The number of carbonyl (C=O) groups is 1. The number of carbonyl (C=O) groups excluding carboxylic acids is 1. The van der Waals surface area contributed by atoms with Gasteiger partial charge in [0.05, 0.1) is 5.41 Å². The zero-order valence-electron chi connectivity index (χ0n) is 9.17. The largest absolute Gasteiger partial charge is 0.302 e. The van der Waals surface area contributed by atoms with Crippen LogP contribution in [0.25, 0.3) is 6.08 Å². The van der Waals surface area contributed by atoms with Crippen molar-refractivity contribution in [3.8, 4) is 0 Å². The smallest absolute Gasteiger partial charge is 0.249 e. The minimum Gasteiger partial charge on any atom is -0.302 e. The Bertz CT molecular complexity index is 466. The molecule has 1 aromatic rings. The third-order valence-electron chi connectivity index (χ3n) is 2.71. The Labute approximate surface area is 103 Å². The highest BCUT2D eigenvalue weighted by Gasteiger charge is 2.37. The molecule has 1 aromatic carbocycles. The summed E-state index contributed by atoms with van der Waals surface area (Å²) in [5.74, 6) is -0.00579. The van der Waals surface area contributed by atoms with Gasteiger partial charge in [0.1, 0.15) is 0 Å². The van der Waals surface area contributed by atoms with Gasteiger partial charge in [-0.15, -0.1) is 0 Å². The highest BCUT2D eigenvalue weighted by molar-refractivity contribution is 9.10. The lowest BCUT2D eigenvalue weighted by Crippen LogP contribution is -2.28. The lowest BCUT2D eigenvalue weighted by Gasteiger charge is -2.14. The van der Waals surface area contributed by atoms with Crippen LogP contribution in [0.15, 0.2) is 34.4 Å². The van der Waals surface area contributed by atoms with Gasteiger partial charge >= 0.3 is 0 Å². The number of nitrogens with one attached hydrogen (secondary N) is 2. The van der Waals surface area contributed by atoms with Gasteiger partial charge in [-0.2, -0.15) is 0 Å². The van der Waals surface area contributed by atoms with Crippen LogP contribution in [0.5, 0.6) is 0 Å². The Hall–Kier alpha value is -1.29. The first kappa shape index (κ1) is 11.2. The van der Waals surface area contributed by atoms with Crippen LogP contribution in [-0.4, -0.2) is 5.91 Å². The van der Waals surface area contributed by atoms with Crippen LogP contribution in [0.3, 0.4) is 0 Å². The summed E-state index contributed by atoms with van der Waals surface area (Å²) in [4.78, 5) is 11.5. The minimum absolute atomic E-state index is 0.00579. The zero-order valence-corrected chi connectivity index (χ0v) is 10.8. The maximum absolute atomic E-state index is 11.5. The first-order chi connectivity index (χ1) is 7.50. The molecule has 1 fully saturated rings. The van der Waals surface area contributed by atoms with Crippen molar-refractivity contribution in [2.24, 2.45) is 5.41 Å². The molecule has 0 saturated carbocycles. The molecule has 1 saturated heterocycles. The summed E-state index contributed by atoms with van der Waals surface area (Å²) in [6, 6.07) is 7.94. The van der Waals surface area contributed by atoms with Crippen molar-refractivity contribution in [2.75, 3.05) is 0 Å². The molecule has 1 aliphatic rings. The molecule has 84 valence electrons. The number of hydrazine groups is 1. The van der Waals surface area contributed by atoms with Crippen molar-refractivity contribution >= 4 is 27.9 Å². The van der Waals surface area contributed by atoms with E-state index in [0.29, 0.717) is 0 Å². The highest BCUT2D eigenvalue weighted by atomic mass is 79.9. The van der Waals surface area contributed by atoms with Crippen molar-refractivity contribution in [1.29, 1.82) is 0 Å². The molecule has 2 N–H and O–H groups in total. The maximum Gasteiger partial charge on any atom is 0.249 e. The number of benzene rings is 1. The molecule has 1 amide bonds. The normalized spacial score (nSPS) is 20.7. The van der Waals surface area contributed by atoms with Crippen LogP contribution in [-0.2, 0) is 4.79 Å². The van der Waals surface area contributed by atoms with Crippen LogP contribution in [0, 0.1) is 5.41 Å². The van der Waals surface area contributed by atoms with E-state index in [-0.39, 0.29) is 5.91 Å². The fourth-order valence-electron chi connectivity index (χ4n) is 1.54. The van der Waals surface area contributed by atoms with Crippen molar-refractivity contribution in [2.45, 2.75) is 13.8 Å². The van der Waals surface area contributed by atoms with Gasteiger partial charge in [0.15, 0.2) is 0 Å². The second-order valence-corrected chi connectivity index (χ2v) is 5.23. The third-order valence-corrected chi connectivity index (χ3v) is 3.20. The number of halogens is 1. The molecule has 0 spiro atoms. The first-order valence-corrected chi connectivity index (χ1v) is 5.83. The van der Waals surface area contributed by atoms with Gasteiger partial charge < -0.3 is 5.43 Å². The third kappa shape index (κ3) is 1.97.